The monoisotopic (exact) mass is 290 g/mol. The topological polar surface area (TPSA) is 49.4 Å². The van der Waals surface area contributed by atoms with Gasteiger partial charge in [0.25, 0.3) is 5.91 Å². The summed E-state index contributed by atoms with van der Waals surface area (Å²) < 4.78 is 0.0343. The molecule has 3 rings (SSSR count). The maximum absolute atomic E-state index is 12.2. The first kappa shape index (κ1) is 13.5. The molecule has 1 aromatic rings. The first-order valence-corrected chi connectivity index (χ1v) is 7.66. The average molecular weight is 290 g/mol. The summed E-state index contributed by atoms with van der Waals surface area (Å²) in [6, 6.07) is 8.82. The quantitative estimate of drug-likeness (QED) is 0.846. The van der Waals surface area contributed by atoms with E-state index in [-0.39, 0.29) is 28.0 Å². The Morgan fingerprint density at radius 3 is 2.60 bits per heavy atom. The molecule has 2 heterocycles. The molecule has 1 aromatic carbocycles. The molecule has 0 spiro atoms. The van der Waals surface area contributed by atoms with Gasteiger partial charge in [-0.3, -0.25) is 9.59 Å². The van der Waals surface area contributed by atoms with E-state index in [9.17, 15) is 9.59 Å². The van der Waals surface area contributed by atoms with Gasteiger partial charge in [-0.1, -0.05) is 18.2 Å². The molecule has 5 heteroatoms. The highest BCUT2D eigenvalue weighted by Gasteiger charge is 2.60. The number of carbonyl (C=O) groups is 2. The number of β-lactam (4-membered cyclic amide) rings is 1. The summed E-state index contributed by atoms with van der Waals surface area (Å²) in [5.74, 6) is -0.147. The Kier molecular flexibility index (Phi) is 3.05. The number of benzene rings is 1. The van der Waals surface area contributed by atoms with E-state index in [4.69, 9.17) is 0 Å². The number of hydrogen-bond donors (Lipinski definition) is 1. The molecule has 4 nitrogen and oxygen atoms in total. The summed E-state index contributed by atoms with van der Waals surface area (Å²) >= 11 is 1.77. The lowest BCUT2D eigenvalue weighted by molar-refractivity contribution is -0.147. The van der Waals surface area contributed by atoms with E-state index < -0.39 is 6.04 Å². The van der Waals surface area contributed by atoms with Crippen LogP contribution in [-0.2, 0) is 4.79 Å². The molecule has 2 fully saturated rings. The van der Waals surface area contributed by atoms with Crippen molar-refractivity contribution in [1.29, 1.82) is 0 Å². The SMILES string of the molecule is CC1N2C(=O)C(NC(=O)c3ccccc3)C2SC1(C)C. The van der Waals surface area contributed by atoms with Crippen LogP contribution in [-0.4, -0.2) is 38.9 Å². The highest BCUT2D eigenvalue weighted by Crippen LogP contribution is 2.50. The molecule has 0 radical (unpaired) electrons. The van der Waals surface area contributed by atoms with Gasteiger partial charge in [-0.2, -0.15) is 0 Å². The van der Waals surface area contributed by atoms with Crippen molar-refractivity contribution in [3.05, 3.63) is 35.9 Å². The predicted molar refractivity (Wildman–Crippen MR) is 79.5 cm³/mol. The number of rotatable bonds is 2. The minimum Gasteiger partial charge on any atom is -0.338 e. The van der Waals surface area contributed by atoms with Crippen molar-refractivity contribution in [1.82, 2.24) is 10.2 Å². The van der Waals surface area contributed by atoms with Gasteiger partial charge in [0.05, 0.1) is 0 Å². The van der Waals surface area contributed by atoms with Crippen LogP contribution >= 0.6 is 11.8 Å². The second kappa shape index (κ2) is 4.52. The number of nitrogens with one attached hydrogen (secondary N) is 1. The van der Waals surface area contributed by atoms with Crippen LogP contribution in [0.1, 0.15) is 31.1 Å². The zero-order valence-corrected chi connectivity index (χ0v) is 12.6. The number of fused-ring (bicyclic) bond motifs is 1. The Morgan fingerprint density at radius 2 is 1.95 bits per heavy atom. The largest absolute Gasteiger partial charge is 0.338 e. The molecule has 1 N–H and O–H groups in total. The zero-order chi connectivity index (χ0) is 14.5. The summed E-state index contributed by atoms with van der Waals surface area (Å²) in [4.78, 5) is 26.2. The Labute approximate surface area is 122 Å². The second-order valence-corrected chi connectivity index (χ2v) is 7.62. The average Bonchev–Trinajstić information content (AvgIpc) is 2.65. The Hall–Kier alpha value is -1.49. The molecule has 2 amide bonds. The smallest absolute Gasteiger partial charge is 0.252 e. The normalized spacial score (nSPS) is 30.6. The molecule has 3 unspecified atom stereocenters. The van der Waals surface area contributed by atoms with Gasteiger partial charge in [-0.15, -0.1) is 11.8 Å². The first-order valence-electron chi connectivity index (χ1n) is 6.78. The van der Waals surface area contributed by atoms with Crippen LogP contribution < -0.4 is 5.32 Å². The van der Waals surface area contributed by atoms with Gasteiger partial charge in [0.1, 0.15) is 11.4 Å². The highest BCUT2D eigenvalue weighted by atomic mass is 32.2. The van der Waals surface area contributed by atoms with E-state index in [0.29, 0.717) is 5.56 Å². The Bertz CT molecular complexity index is 558. The summed E-state index contributed by atoms with van der Waals surface area (Å²) in [7, 11) is 0. The second-order valence-electron chi connectivity index (χ2n) is 5.85. The molecular formula is C15H18N2O2S. The maximum atomic E-state index is 12.2. The molecule has 2 aliphatic rings. The van der Waals surface area contributed by atoms with Crippen molar-refractivity contribution in [3.8, 4) is 0 Å². The Morgan fingerprint density at radius 1 is 1.30 bits per heavy atom. The molecule has 20 heavy (non-hydrogen) atoms. The van der Waals surface area contributed by atoms with Gasteiger partial charge in [0, 0.05) is 16.4 Å². The standard InChI is InChI=1S/C15H18N2O2S/c1-9-15(2,3)20-14-11(13(19)17(9)14)16-12(18)10-7-5-4-6-8-10/h4-9,11,14H,1-3H3,(H,16,18). The number of nitrogens with zero attached hydrogens (tertiary/aromatic N) is 1. The van der Waals surface area contributed by atoms with Crippen molar-refractivity contribution in [3.63, 3.8) is 0 Å². The minimum atomic E-state index is -0.392. The molecular weight excluding hydrogens is 272 g/mol. The third kappa shape index (κ3) is 1.92. The number of thioether (sulfide) groups is 1. The molecule has 2 saturated heterocycles. The maximum Gasteiger partial charge on any atom is 0.252 e. The van der Waals surface area contributed by atoms with E-state index in [1.54, 1.807) is 23.9 Å². The van der Waals surface area contributed by atoms with Gasteiger partial charge in [-0.05, 0) is 32.9 Å². The highest BCUT2D eigenvalue weighted by molar-refractivity contribution is 8.01. The lowest BCUT2D eigenvalue weighted by Crippen LogP contribution is -2.69. The van der Waals surface area contributed by atoms with Crippen molar-refractivity contribution >= 4 is 23.6 Å². The van der Waals surface area contributed by atoms with Crippen LogP contribution in [0.25, 0.3) is 0 Å². The molecule has 0 aliphatic carbocycles. The van der Waals surface area contributed by atoms with Gasteiger partial charge in [-0.25, -0.2) is 0 Å². The third-order valence-corrected chi connectivity index (χ3v) is 5.94. The lowest BCUT2D eigenvalue weighted by atomic mass is 9.97. The van der Waals surface area contributed by atoms with Crippen molar-refractivity contribution in [2.75, 3.05) is 0 Å². The molecule has 106 valence electrons. The summed E-state index contributed by atoms with van der Waals surface area (Å²) in [5.41, 5.74) is 0.592. The van der Waals surface area contributed by atoms with Crippen LogP contribution in [0.3, 0.4) is 0 Å². The van der Waals surface area contributed by atoms with Gasteiger partial charge >= 0.3 is 0 Å². The molecule has 0 bridgehead atoms. The van der Waals surface area contributed by atoms with Crippen molar-refractivity contribution < 1.29 is 9.59 Å². The molecule has 0 aromatic heterocycles. The third-order valence-electron chi connectivity index (χ3n) is 4.25. The van der Waals surface area contributed by atoms with Crippen LogP contribution in [0, 0.1) is 0 Å². The van der Waals surface area contributed by atoms with Gasteiger partial charge in [0.2, 0.25) is 5.91 Å². The zero-order valence-electron chi connectivity index (χ0n) is 11.8. The number of amides is 2. The lowest BCUT2D eigenvalue weighted by Gasteiger charge is -2.44. The van der Waals surface area contributed by atoms with Crippen LogP contribution in [0.15, 0.2) is 30.3 Å². The van der Waals surface area contributed by atoms with E-state index in [1.165, 1.54) is 0 Å². The molecule has 2 aliphatic heterocycles. The minimum absolute atomic E-state index is 0.0323. The summed E-state index contributed by atoms with van der Waals surface area (Å²) in [6.07, 6.45) is 0. The van der Waals surface area contributed by atoms with Crippen LogP contribution in [0.5, 0.6) is 0 Å². The van der Waals surface area contributed by atoms with Crippen molar-refractivity contribution in [2.45, 2.75) is 43.0 Å². The van der Waals surface area contributed by atoms with E-state index in [0.717, 1.165) is 0 Å². The fourth-order valence-electron chi connectivity index (χ4n) is 2.71. The van der Waals surface area contributed by atoms with Gasteiger partial charge in [0.15, 0.2) is 0 Å². The summed E-state index contributed by atoms with van der Waals surface area (Å²) in [5, 5.41) is 2.93. The van der Waals surface area contributed by atoms with E-state index in [2.05, 4.69) is 26.1 Å². The predicted octanol–water partition coefficient (Wildman–Crippen LogP) is 1.87. The first-order chi connectivity index (χ1) is 9.42. The summed E-state index contributed by atoms with van der Waals surface area (Å²) in [6.45, 7) is 6.36. The van der Waals surface area contributed by atoms with E-state index >= 15 is 0 Å². The van der Waals surface area contributed by atoms with Crippen LogP contribution in [0.2, 0.25) is 0 Å². The fourth-order valence-corrected chi connectivity index (χ4v) is 4.37. The Balaban J connectivity index is 1.72. The number of hydrogen-bond acceptors (Lipinski definition) is 3. The number of carbonyl (C=O) groups excluding carboxylic acids is 2. The fraction of sp³-hybridized carbons (Fsp3) is 0.467. The van der Waals surface area contributed by atoms with Crippen molar-refractivity contribution in [2.24, 2.45) is 0 Å². The van der Waals surface area contributed by atoms with Gasteiger partial charge < -0.3 is 10.2 Å². The van der Waals surface area contributed by atoms with E-state index in [1.807, 2.05) is 23.1 Å². The van der Waals surface area contributed by atoms with Crippen LogP contribution in [0.4, 0.5) is 0 Å². The molecule has 0 saturated carbocycles. The molecule has 3 atom stereocenters.